The highest BCUT2D eigenvalue weighted by molar-refractivity contribution is 6.32. The van der Waals surface area contributed by atoms with Gasteiger partial charge in [-0.05, 0) is 31.5 Å². The van der Waals surface area contributed by atoms with Crippen LogP contribution < -0.4 is 5.32 Å². The summed E-state index contributed by atoms with van der Waals surface area (Å²) in [4.78, 5) is 15.9. The highest BCUT2D eigenvalue weighted by Crippen LogP contribution is 2.21. The Morgan fingerprint density at radius 1 is 1.47 bits per heavy atom. The number of furan rings is 1. The van der Waals surface area contributed by atoms with Gasteiger partial charge in [-0.25, -0.2) is 4.98 Å². The molecule has 2 aromatic rings. The lowest BCUT2D eigenvalue weighted by molar-refractivity contribution is 0.102. The fourth-order valence-corrected chi connectivity index (χ4v) is 1.60. The van der Waals surface area contributed by atoms with E-state index in [1.165, 1.54) is 6.26 Å². The molecule has 88 valence electrons. The molecule has 0 atom stereocenters. The maximum absolute atomic E-state index is 11.9. The first-order chi connectivity index (χ1) is 8.08. The van der Waals surface area contributed by atoms with Gasteiger partial charge in [0.05, 0.1) is 17.5 Å². The van der Waals surface area contributed by atoms with Gasteiger partial charge in [0.15, 0.2) is 5.15 Å². The number of carbonyl (C=O) groups is 1. The first-order valence-electron chi connectivity index (χ1n) is 5.05. The van der Waals surface area contributed by atoms with Crippen LogP contribution in [0.4, 0.5) is 5.69 Å². The van der Waals surface area contributed by atoms with Crippen LogP contribution in [0.3, 0.4) is 0 Å². The van der Waals surface area contributed by atoms with Crippen LogP contribution in [0, 0.1) is 13.8 Å². The number of nitrogens with zero attached hydrogens (tertiary/aromatic N) is 1. The predicted octanol–water partition coefficient (Wildman–Crippen LogP) is 3.20. The molecular weight excluding hydrogens is 240 g/mol. The van der Waals surface area contributed by atoms with Crippen LogP contribution >= 0.6 is 11.6 Å². The maximum atomic E-state index is 11.9. The molecule has 2 aromatic heterocycles. The van der Waals surface area contributed by atoms with E-state index in [0.717, 1.165) is 5.56 Å². The van der Waals surface area contributed by atoms with Crippen molar-refractivity contribution in [2.45, 2.75) is 13.8 Å². The molecule has 0 unspecified atom stereocenters. The van der Waals surface area contributed by atoms with Crippen LogP contribution in [0.15, 0.2) is 29.0 Å². The average molecular weight is 251 g/mol. The molecule has 4 nitrogen and oxygen atoms in total. The Hall–Kier alpha value is -1.81. The summed E-state index contributed by atoms with van der Waals surface area (Å²) in [6.45, 7) is 3.60. The maximum Gasteiger partial charge on any atom is 0.259 e. The molecule has 0 radical (unpaired) electrons. The quantitative estimate of drug-likeness (QED) is 0.833. The van der Waals surface area contributed by atoms with Crippen molar-refractivity contribution in [3.05, 3.63) is 46.6 Å². The van der Waals surface area contributed by atoms with Crippen molar-refractivity contribution in [1.82, 2.24) is 4.98 Å². The Balaban J connectivity index is 2.24. The zero-order valence-electron chi connectivity index (χ0n) is 9.45. The lowest BCUT2D eigenvalue weighted by Crippen LogP contribution is -2.12. The summed E-state index contributed by atoms with van der Waals surface area (Å²) in [7, 11) is 0. The normalized spacial score (nSPS) is 10.3. The van der Waals surface area contributed by atoms with Gasteiger partial charge in [-0.1, -0.05) is 11.6 Å². The summed E-state index contributed by atoms with van der Waals surface area (Å²) in [6, 6.07) is 3.38. The van der Waals surface area contributed by atoms with Gasteiger partial charge in [0.1, 0.15) is 5.76 Å². The molecule has 0 saturated heterocycles. The van der Waals surface area contributed by atoms with Crippen molar-refractivity contribution in [3.8, 4) is 0 Å². The number of nitrogens with one attached hydrogen (secondary N) is 1. The molecule has 0 bridgehead atoms. The van der Waals surface area contributed by atoms with Crippen LogP contribution in [0.5, 0.6) is 0 Å². The molecule has 0 aromatic carbocycles. The Labute approximate surface area is 104 Å². The van der Waals surface area contributed by atoms with Crippen LogP contribution in [0.1, 0.15) is 21.7 Å². The Bertz CT molecular complexity index is 563. The lowest BCUT2D eigenvalue weighted by atomic mass is 10.2. The van der Waals surface area contributed by atoms with Gasteiger partial charge in [0.2, 0.25) is 0 Å². The Kier molecular flexibility index (Phi) is 3.15. The Morgan fingerprint density at radius 2 is 2.24 bits per heavy atom. The van der Waals surface area contributed by atoms with Crippen molar-refractivity contribution in [2.24, 2.45) is 0 Å². The van der Waals surface area contributed by atoms with Crippen LogP contribution in [0.25, 0.3) is 0 Å². The molecule has 2 heterocycles. The van der Waals surface area contributed by atoms with Gasteiger partial charge in [-0.3, -0.25) is 4.79 Å². The highest BCUT2D eigenvalue weighted by atomic mass is 35.5. The number of hydrogen-bond donors (Lipinski definition) is 1. The second-order valence-corrected chi connectivity index (χ2v) is 4.05. The summed E-state index contributed by atoms with van der Waals surface area (Å²) in [5.74, 6) is 0.310. The molecular formula is C12H11ClN2O2. The minimum Gasteiger partial charge on any atom is -0.469 e. The van der Waals surface area contributed by atoms with E-state index >= 15 is 0 Å². The van der Waals surface area contributed by atoms with Gasteiger partial charge in [0, 0.05) is 6.20 Å². The van der Waals surface area contributed by atoms with E-state index in [4.69, 9.17) is 16.0 Å². The van der Waals surface area contributed by atoms with E-state index in [-0.39, 0.29) is 11.1 Å². The standard InChI is InChI=1S/C12H11ClN2O2/c1-7-5-10(11(13)14-6-7)15-12(16)9-3-4-17-8(9)2/h3-6H,1-2H3,(H,15,16). The van der Waals surface area contributed by atoms with Crippen molar-refractivity contribution in [2.75, 3.05) is 5.32 Å². The van der Waals surface area contributed by atoms with Gasteiger partial charge in [0.25, 0.3) is 5.91 Å². The molecule has 0 spiro atoms. The second-order valence-electron chi connectivity index (χ2n) is 3.70. The number of anilines is 1. The van der Waals surface area contributed by atoms with Gasteiger partial charge < -0.3 is 9.73 Å². The topological polar surface area (TPSA) is 55.1 Å². The minimum absolute atomic E-state index is 0.259. The van der Waals surface area contributed by atoms with Crippen LogP contribution in [-0.2, 0) is 0 Å². The monoisotopic (exact) mass is 250 g/mol. The molecule has 0 saturated carbocycles. The number of carbonyl (C=O) groups excluding carboxylic acids is 1. The summed E-state index contributed by atoms with van der Waals surface area (Å²) in [6.07, 6.45) is 3.11. The largest absolute Gasteiger partial charge is 0.469 e. The SMILES string of the molecule is Cc1cnc(Cl)c(NC(=O)c2ccoc2C)c1. The molecule has 0 fully saturated rings. The zero-order valence-corrected chi connectivity index (χ0v) is 10.2. The number of aryl methyl sites for hydroxylation is 2. The van der Waals surface area contributed by atoms with Crippen molar-refractivity contribution < 1.29 is 9.21 Å². The molecule has 0 aliphatic carbocycles. The first-order valence-corrected chi connectivity index (χ1v) is 5.43. The summed E-state index contributed by atoms with van der Waals surface area (Å²) >= 11 is 5.89. The van der Waals surface area contributed by atoms with Gasteiger partial charge in [-0.2, -0.15) is 0 Å². The van der Waals surface area contributed by atoms with E-state index in [1.807, 2.05) is 6.92 Å². The molecule has 17 heavy (non-hydrogen) atoms. The summed E-state index contributed by atoms with van der Waals surface area (Å²) in [5, 5.41) is 2.97. The fraction of sp³-hybridized carbons (Fsp3) is 0.167. The number of pyridine rings is 1. The Morgan fingerprint density at radius 3 is 2.88 bits per heavy atom. The molecule has 1 N–H and O–H groups in total. The molecule has 2 rings (SSSR count). The van der Waals surface area contributed by atoms with Crippen LogP contribution in [0.2, 0.25) is 5.15 Å². The second kappa shape index (κ2) is 4.59. The lowest BCUT2D eigenvalue weighted by Gasteiger charge is -2.06. The number of aromatic nitrogens is 1. The minimum atomic E-state index is -0.259. The summed E-state index contributed by atoms with van der Waals surface area (Å²) in [5.41, 5.74) is 1.91. The van der Waals surface area contributed by atoms with Crippen molar-refractivity contribution >= 4 is 23.2 Å². The van der Waals surface area contributed by atoms with E-state index < -0.39 is 0 Å². The smallest absolute Gasteiger partial charge is 0.259 e. The predicted molar refractivity (Wildman–Crippen MR) is 65.4 cm³/mol. The highest BCUT2D eigenvalue weighted by Gasteiger charge is 2.13. The van der Waals surface area contributed by atoms with E-state index in [1.54, 1.807) is 25.3 Å². The molecule has 1 amide bonds. The summed E-state index contributed by atoms with van der Waals surface area (Å²) < 4.78 is 5.07. The van der Waals surface area contributed by atoms with Gasteiger partial charge >= 0.3 is 0 Å². The van der Waals surface area contributed by atoms with E-state index in [2.05, 4.69) is 10.3 Å². The number of amides is 1. The number of hydrogen-bond acceptors (Lipinski definition) is 3. The third-order valence-corrected chi connectivity index (χ3v) is 2.63. The van der Waals surface area contributed by atoms with E-state index in [0.29, 0.717) is 17.0 Å². The third kappa shape index (κ3) is 2.47. The first kappa shape index (κ1) is 11.7. The van der Waals surface area contributed by atoms with Crippen LogP contribution in [-0.4, -0.2) is 10.9 Å². The average Bonchev–Trinajstić information content (AvgIpc) is 2.70. The molecule has 5 heteroatoms. The van der Waals surface area contributed by atoms with Crippen molar-refractivity contribution in [3.63, 3.8) is 0 Å². The third-order valence-electron chi connectivity index (χ3n) is 2.33. The zero-order chi connectivity index (χ0) is 12.4. The molecule has 0 aliphatic rings. The number of halogens is 1. The fourth-order valence-electron chi connectivity index (χ4n) is 1.45. The number of rotatable bonds is 2. The van der Waals surface area contributed by atoms with Gasteiger partial charge in [-0.15, -0.1) is 0 Å². The van der Waals surface area contributed by atoms with E-state index in [9.17, 15) is 4.79 Å². The van der Waals surface area contributed by atoms with Crippen molar-refractivity contribution in [1.29, 1.82) is 0 Å². The molecule has 0 aliphatic heterocycles.